The minimum Gasteiger partial charge on any atom is -0.395 e. The largest absolute Gasteiger partial charge is 0.586 e. The number of anilines is 1. The first-order chi connectivity index (χ1) is 8.89. The number of carbonyl (C=O) groups is 2. The van der Waals surface area contributed by atoms with Crippen molar-refractivity contribution in [3.05, 3.63) is 18.2 Å². The van der Waals surface area contributed by atoms with Gasteiger partial charge in [0.15, 0.2) is 11.5 Å². The van der Waals surface area contributed by atoms with E-state index >= 15 is 0 Å². The van der Waals surface area contributed by atoms with Crippen LogP contribution < -0.4 is 20.1 Å². The summed E-state index contributed by atoms with van der Waals surface area (Å²) < 4.78 is 33.9. The molecule has 0 spiro atoms. The van der Waals surface area contributed by atoms with E-state index in [1.807, 2.05) is 5.32 Å². The Morgan fingerprint density at radius 2 is 1.95 bits per heavy atom. The minimum absolute atomic E-state index is 0.146. The van der Waals surface area contributed by atoms with Gasteiger partial charge in [0.1, 0.15) is 5.88 Å². The predicted octanol–water partition coefficient (Wildman–Crippen LogP) is 1.90. The number of hydrogen-bond donors (Lipinski definition) is 2. The summed E-state index contributed by atoms with van der Waals surface area (Å²) in [6.45, 7) is 0. The van der Waals surface area contributed by atoms with Crippen LogP contribution in [0.4, 0.5) is 19.3 Å². The number of fused-ring (bicyclic) bond motifs is 1. The van der Waals surface area contributed by atoms with Gasteiger partial charge < -0.3 is 14.8 Å². The Hall–Kier alpha value is -2.09. The topological polar surface area (TPSA) is 76.7 Å². The summed E-state index contributed by atoms with van der Waals surface area (Å²) in [4.78, 5) is 22.1. The number of urea groups is 1. The van der Waals surface area contributed by atoms with Crippen LogP contribution in [0, 0.1) is 0 Å². The van der Waals surface area contributed by atoms with E-state index in [1.165, 1.54) is 12.1 Å². The normalized spacial score (nSPS) is 14.9. The number of imide groups is 1. The predicted molar refractivity (Wildman–Crippen MR) is 60.5 cm³/mol. The van der Waals surface area contributed by atoms with Crippen molar-refractivity contribution >= 4 is 29.2 Å². The van der Waals surface area contributed by atoms with Crippen molar-refractivity contribution in [2.45, 2.75) is 6.29 Å². The Morgan fingerprint density at radius 3 is 2.63 bits per heavy atom. The highest BCUT2D eigenvalue weighted by Gasteiger charge is 2.43. The molecule has 9 heteroatoms. The van der Waals surface area contributed by atoms with Gasteiger partial charge in [-0.2, -0.15) is 0 Å². The number of alkyl halides is 3. The molecule has 1 aromatic carbocycles. The molecule has 19 heavy (non-hydrogen) atoms. The fourth-order valence-corrected chi connectivity index (χ4v) is 1.42. The maximum absolute atomic E-state index is 12.7. The first-order valence-electron chi connectivity index (χ1n) is 4.96. The van der Waals surface area contributed by atoms with Gasteiger partial charge in [0, 0.05) is 11.8 Å². The maximum atomic E-state index is 12.7. The van der Waals surface area contributed by atoms with E-state index in [4.69, 9.17) is 11.6 Å². The average Bonchev–Trinajstić information content (AvgIpc) is 2.61. The number of amides is 3. The smallest absolute Gasteiger partial charge is 0.395 e. The summed E-state index contributed by atoms with van der Waals surface area (Å²) >= 11 is 5.20. The van der Waals surface area contributed by atoms with Gasteiger partial charge in [-0.25, -0.2) is 4.79 Å². The van der Waals surface area contributed by atoms with Gasteiger partial charge in [0.05, 0.1) is 0 Å². The summed E-state index contributed by atoms with van der Waals surface area (Å²) in [6, 6.07) is 2.82. The Morgan fingerprint density at radius 1 is 1.26 bits per heavy atom. The molecule has 2 N–H and O–H groups in total. The quantitative estimate of drug-likeness (QED) is 0.816. The Balaban J connectivity index is 2.04. The van der Waals surface area contributed by atoms with Gasteiger partial charge in [0.2, 0.25) is 5.91 Å². The molecule has 0 fully saturated rings. The number of hydrogen-bond acceptors (Lipinski definition) is 4. The fourth-order valence-electron chi connectivity index (χ4n) is 1.35. The SMILES string of the molecule is O=C(CCl)NC(=O)Nc1ccc2c(c1)OC(F)(F)O2. The fraction of sp³-hybridized carbons (Fsp3) is 0.200. The molecule has 2 rings (SSSR count). The van der Waals surface area contributed by atoms with Crippen LogP contribution in [-0.2, 0) is 4.79 Å². The second kappa shape index (κ2) is 4.88. The highest BCUT2D eigenvalue weighted by Crippen LogP contribution is 2.42. The average molecular weight is 293 g/mol. The first kappa shape index (κ1) is 13.3. The molecule has 0 atom stereocenters. The van der Waals surface area contributed by atoms with Gasteiger partial charge in [-0.1, -0.05) is 0 Å². The molecule has 1 aliphatic heterocycles. The van der Waals surface area contributed by atoms with Gasteiger partial charge in [-0.15, -0.1) is 20.4 Å². The minimum atomic E-state index is -3.72. The molecule has 0 saturated carbocycles. The molecule has 1 heterocycles. The van der Waals surface area contributed by atoms with Crippen LogP contribution >= 0.6 is 11.6 Å². The molecule has 1 aromatic rings. The molecule has 0 unspecified atom stereocenters. The zero-order valence-electron chi connectivity index (χ0n) is 9.21. The van der Waals surface area contributed by atoms with E-state index in [0.717, 1.165) is 6.07 Å². The first-order valence-corrected chi connectivity index (χ1v) is 5.50. The monoisotopic (exact) mass is 292 g/mol. The van der Waals surface area contributed by atoms with E-state index in [-0.39, 0.29) is 23.1 Å². The molecule has 0 bridgehead atoms. The lowest BCUT2D eigenvalue weighted by molar-refractivity contribution is -0.286. The van der Waals surface area contributed by atoms with Crippen molar-refractivity contribution in [1.82, 2.24) is 5.32 Å². The standard InChI is InChI=1S/C10H7ClF2N2O4/c11-4-8(16)15-9(17)14-5-1-2-6-7(3-5)19-10(12,13)18-6/h1-3H,4H2,(H2,14,15,16,17). The van der Waals surface area contributed by atoms with Gasteiger partial charge in [-0.3, -0.25) is 10.1 Å². The molecule has 3 amide bonds. The van der Waals surface area contributed by atoms with Crippen LogP contribution in [0.2, 0.25) is 0 Å². The third kappa shape index (κ3) is 3.22. The van der Waals surface area contributed by atoms with E-state index in [9.17, 15) is 18.4 Å². The van der Waals surface area contributed by atoms with Crippen LogP contribution in [0.25, 0.3) is 0 Å². The molecule has 1 aliphatic rings. The summed E-state index contributed by atoms with van der Waals surface area (Å²) in [7, 11) is 0. The van der Waals surface area contributed by atoms with Gasteiger partial charge >= 0.3 is 12.3 Å². The number of ether oxygens (including phenoxy) is 2. The number of benzene rings is 1. The second-order valence-electron chi connectivity index (χ2n) is 3.46. The van der Waals surface area contributed by atoms with Crippen molar-refractivity contribution in [1.29, 1.82) is 0 Å². The van der Waals surface area contributed by atoms with Crippen molar-refractivity contribution in [3.63, 3.8) is 0 Å². The Kier molecular flexibility index (Phi) is 3.43. The summed E-state index contributed by atoms with van der Waals surface area (Å²) in [6.07, 6.45) is -3.72. The van der Waals surface area contributed by atoms with Crippen molar-refractivity contribution in [3.8, 4) is 11.5 Å². The molecule has 0 radical (unpaired) electrons. The number of halogens is 3. The summed E-state index contributed by atoms with van der Waals surface area (Å²) in [5.74, 6) is -1.42. The zero-order chi connectivity index (χ0) is 14.0. The van der Waals surface area contributed by atoms with Gasteiger partial charge in [-0.05, 0) is 12.1 Å². The molecular formula is C10H7ClF2N2O4. The van der Waals surface area contributed by atoms with Gasteiger partial charge in [0.25, 0.3) is 0 Å². The van der Waals surface area contributed by atoms with Crippen LogP contribution in [0.5, 0.6) is 11.5 Å². The summed E-state index contributed by atoms with van der Waals surface area (Å²) in [5.41, 5.74) is 0.153. The van der Waals surface area contributed by atoms with E-state index in [2.05, 4.69) is 14.8 Å². The van der Waals surface area contributed by atoms with Crippen LogP contribution in [-0.4, -0.2) is 24.1 Å². The highest BCUT2D eigenvalue weighted by molar-refractivity contribution is 6.28. The van der Waals surface area contributed by atoms with E-state index in [1.54, 1.807) is 0 Å². The van der Waals surface area contributed by atoms with Crippen LogP contribution in [0.3, 0.4) is 0 Å². The van der Waals surface area contributed by atoms with E-state index < -0.39 is 18.2 Å². The molecule has 0 aromatic heterocycles. The third-order valence-corrected chi connectivity index (χ3v) is 2.28. The second-order valence-corrected chi connectivity index (χ2v) is 3.73. The van der Waals surface area contributed by atoms with Crippen molar-refractivity contribution in [2.24, 2.45) is 0 Å². The Bertz CT molecular complexity index is 538. The molecule has 6 nitrogen and oxygen atoms in total. The summed E-state index contributed by atoms with van der Waals surface area (Å²) in [5, 5.41) is 4.18. The van der Waals surface area contributed by atoms with Crippen molar-refractivity contribution < 1.29 is 27.8 Å². The lowest BCUT2D eigenvalue weighted by Gasteiger charge is -2.06. The third-order valence-electron chi connectivity index (χ3n) is 2.03. The number of rotatable bonds is 2. The highest BCUT2D eigenvalue weighted by atomic mass is 35.5. The molecule has 0 aliphatic carbocycles. The number of nitrogens with one attached hydrogen (secondary N) is 2. The molecule has 102 valence electrons. The molecular weight excluding hydrogens is 286 g/mol. The zero-order valence-corrected chi connectivity index (χ0v) is 9.96. The lowest BCUT2D eigenvalue weighted by atomic mass is 10.3. The van der Waals surface area contributed by atoms with Crippen molar-refractivity contribution in [2.75, 3.05) is 11.2 Å². The van der Waals surface area contributed by atoms with E-state index in [0.29, 0.717) is 0 Å². The number of carbonyl (C=O) groups excluding carboxylic acids is 2. The molecule has 0 saturated heterocycles. The lowest BCUT2D eigenvalue weighted by Crippen LogP contribution is -2.35. The Labute approximate surface area is 110 Å². The van der Waals surface area contributed by atoms with Crippen LogP contribution in [0.15, 0.2) is 18.2 Å². The maximum Gasteiger partial charge on any atom is 0.586 e. The van der Waals surface area contributed by atoms with Crippen LogP contribution in [0.1, 0.15) is 0 Å².